The fraction of sp³-hybridized carbons (Fsp3) is 1.00. The van der Waals surface area contributed by atoms with Gasteiger partial charge in [-0.3, -0.25) is 0 Å². The van der Waals surface area contributed by atoms with Gasteiger partial charge in [-0.05, 0) is 25.2 Å². The molecular formula is C10H20O2S. The van der Waals surface area contributed by atoms with E-state index in [1.807, 2.05) is 0 Å². The molecule has 1 aliphatic carbocycles. The molecule has 1 saturated carbocycles. The van der Waals surface area contributed by atoms with Gasteiger partial charge in [0.2, 0.25) is 0 Å². The van der Waals surface area contributed by atoms with Gasteiger partial charge in [-0.1, -0.05) is 33.1 Å². The molecule has 0 saturated heterocycles. The van der Waals surface area contributed by atoms with E-state index in [1.165, 1.54) is 6.42 Å². The molecule has 78 valence electrons. The summed E-state index contributed by atoms with van der Waals surface area (Å²) in [4.78, 5) is 0. The SMILES string of the molecule is CC(C)CC1(S(=O)O)CCCCC1. The Labute approximate surface area is 83.4 Å². The monoisotopic (exact) mass is 204 g/mol. The van der Waals surface area contributed by atoms with Crippen LogP contribution in [-0.4, -0.2) is 13.5 Å². The maximum atomic E-state index is 11.3. The van der Waals surface area contributed by atoms with Crippen molar-refractivity contribution in [3.05, 3.63) is 0 Å². The van der Waals surface area contributed by atoms with E-state index in [-0.39, 0.29) is 4.75 Å². The molecule has 0 heterocycles. The molecule has 0 aromatic rings. The van der Waals surface area contributed by atoms with E-state index in [4.69, 9.17) is 0 Å². The summed E-state index contributed by atoms with van der Waals surface area (Å²) in [7, 11) is 0. The standard InChI is InChI=1S/C10H20O2S/c1-9(2)8-10(13(11)12)6-4-3-5-7-10/h9H,3-8H2,1-2H3,(H,11,12). The van der Waals surface area contributed by atoms with Gasteiger partial charge in [-0.25, -0.2) is 4.21 Å². The van der Waals surface area contributed by atoms with Crippen molar-refractivity contribution < 1.29 is 8.76 Å². The molecule has 0 aromatic carbocycles. The van der Waals surface area contributed by atoms with E-state index in [0.29, 0.717) is 5.92 Å². The van der Waals surface area contributed by atoms with Crippen molar-refractivity contribution in [1.29, 1.82) is 0 Å². The Morgan fingerprint density at radius 3 is 2.23 bits per heavy atom. The Balaban J connectivity index is 2.67. The Morgan fingerprint density at radius 2 is 1.85 bits per heavy atom. The van der Waals surface area contributed by atoms with Crippen LogP contribution < -0.4 is 0 Å². The van der Waals surface area contributed by atoms with E-state index in [0.717, 1.165) is 32.1 Å². The first-order chi connectivity index (χ1) is 6.07. The summed E-state index contributed by atoms with van der Waals surface area (Å²) in [6.45, 7) is 4.26. The Morgan fingerprint density at radius 1 is 1.31 bits per heavy atom. The molecule has 13 heavy (non-hydrogen) atoms. The summed E-state index contributed by atoms with van der Waals surface area (Å²) in [6.07, 6.45) is 6.26. The van der Waals surface area contributed by atoms with Crippen LogP contribution in [0.4, 0.5) is 0 Å². The molecular weight excluding hydrogens is 184 g/mol. The van der Waals surface area contributed by atoms with Gasteiger partial charge >= 0.3 is 0 Å². The van der Waals surface area contributed by atoms with Gasteiger partial charge in [0.15, 0.2) is 11.1 Å². The summed E-state index contributed by atoms with van der Waals surface area (Å²) in [5.41, 5.74) is 0. The third kappa shape index (κ3) is 2.78. The van der Waals surface area contributed by atoms with Crippen LogP contribution in [0, 0.1) is 5.92 Å². The average Bonchev–Trinajstić information content (AvgIpc) is 2.04. The minimum absolute atomic E-state index is 0.271. The van der Waals surface area contributed by atoms with Crippen LogP contribution >= 0.6 is 0 Å². The fourth-order valence-electron chi connectivity index (χ4n) is 2.39. The normalized spacial score (nSPS) is 24.6. The molecule has 0 bridgehead atoms. The number of rotatable bonds is 3. The lowest BCUT2D eigenvalue weighted by atomic mass is 9.83. The van der Waals surface area contributed by atoms with E-state index >= 15 is 0 Å². The molecule has 0 radical (unpaired) electrons. The van der Waals surface area contributed by atoms with Gasteiger partial charge in [0.05, 0.1) is 4.75 Å². The molecule has 1 rings (SSSR count). The first-order valence-corrected chi connectivity index (χ1v) is 6.28. The maximum absolute atomic E-state index is 11.3. The predicted molar refractivity (Wildman–Crippen MR) is 56.0 cm³/mol. The molecule has 1 aliphatic rings. The van der Waals surface area contributed by atoms with E-state index in [1.54, 1.807) is 0 Å². The van der Waals surface area contributed by atoms with Gasteiger partial charge in [0.25, 0.3) is 0 Å². The zero-order valence-corrected chi connectivity index (χ0v) is 9.40. The average molecular weight is 204 g/mol. The number of hydrogen-bond donors (Lipinski definition) is 1. The second-order valence-electron chi connectivity index (χ2n) is 4.59. The second kappa shape index (κ2) is 4.56. The molecule has 0 amide bonds. The fourth-order valence-corrected chi connectivity index (χ4v) is 3.50. The highest BCUT2D eigenvalue weighted by Crippen LogP contribution is 2.37. The largest absolute Gasteiger partial charge is 0.306 e. The predicted octanol–water partition coefficient (Wildman–Crippen LogP) is 2.96. The van der Waals surface area contributed by atoms with Crippen molar-refractivity contribution in [3.63, 3.8) is 0 Å². The molecule has 1 fully saturated rings. The minimum atomic E-state index is -1.63. The van der Waals surface area contributed by atoms with Crippen molar-refractivity contribution in [2.45, 2.75) is 57.1 Å². The number of hydrogen-bond acceptors (Lipinski definition) is 1. The van der Waals surface area contributed by atoms with Crippen molar-refractivity contribution in [3.8, 4) is 0 Å². The van der Waals surface area contributed by atoms with Gasteiger partial charge in [-0.2, -0.15) is 0 Å². The maximum Gasteiger partial charge on any atom is 0.159 e. The lowest BCUT2D eigenvalue weighted by Crippen LogP contribution is -2.37. The van der Waals surface area contributed by atoms with Gasteiger partial charge in [-0.15, -0.1) is 0 Å². The van der Waals surface area contributed by atoms with Crippen LogP contribution in [0.25, 0.3) is 0 Å². The Hall–Kier alpha value is 0.110. The molecule has 0 aromatic heterocycles. The first-order valence-electron chi connectivity index (χ1n) is 5.18. The van der Waals surface area contributed by atoms with Crippen molar-refractivity contribution in [2.24, 2.45) is 5.92 Å². The van der Waals surface area contributed by atoms with Crippen molar-refractivity contribution >= 4 is 11.1 Å². The van der Waals surface area contributed by atoms with E-state index in [9.17, 15) is 8.76 Å². The lowest BCUT2D eigenvalue weighted by molar-refractivity contribution is 0.317. The molecule has 0 aliphatic heterocycles. The van der Waals surface area contributed by atoms with Crippen LogP contribution in [0.15, 0.2) is 0 Å². The summed E-state index contributed by atoms with van der Waals surface area (Å²) >= 11 is -1.63. The third-order valence-corrected chi connectivity index (χ3v) is 4.23. The zero-order chi connectivity index (χ0) is 9.90. The summed E-state index contributed by atoms with van der Waals surface area (Å²) in [5, 5.41) is 0. The molecule has 1 atom stereocenters. The quantitative estimate of drug-likeness (QED) is 0.718. The topological polar surface area (TPSA) is 37.3 Å². The van der Waals surface area contributed by atoms with Crippen LogP contribution in [0.1, 0.15) is 52.4 Å². The molecule has 2 nitrogen and oxygen atoms in total. The molecule has 1 N–H and O–H groups in total. The Kier molecular flexibility index (Phi) is 3.92. The lowest BCUT2D eigenvalue weighted by Gasteiger charge is -2.35. The van der Waals surface area contributed by atoms with E-state index < -0.39 is 11.1 Å². The summed E-state index contributed by atoms with van der Waals surface area (Å²) in [6, 6.07) is 0. The van der Waals surface area contributed by atoms with Crippen LogP contribution in [0.2, 0.25) is 0 Å². The minimum Gasteiger partial charge on any atom is -0.306 e. The summed E-state index contributed by atoms with van der Waals surface area (Å²) < 4.78 is 20.4. The molecule has 1 unspecified atom stereocenters. The van der Waals surface area contributed by atoms with E-state index in [2.05, 4.69) is 13.8 Å². The van der Waals surface area contributed by atoms with Crippen LogP contribution in [0.3, 0.4) is 0 Å². The van der Waals surface area contributed by atoms with Crippen molar-refractivity contribution in [2.75, 3.05) is 0 Å². The third-order valence-electron chi connectivity index (χ3n) is 2.92. The highest BCUT2D eigenvalue weighted by Gasteiger charge is 2.38. The summed E-state index contributed by atoms with van der Waals surface area (Å²) in [5.74, 6) is 0.522. The molecule has 0 spiro atoms. The van der Waals surface area contributed by atoms with Crippen LogP contribution in [-0.2, 0) is 11.1 Å². The second-order valence-corrected chi connectivity index (χ2v) is 5.96. The van der Waals surface area contributed by atoms with Gasteiger partial charge < -0.3 is 4.55 Å². The zero-order valence-electron chi connectivity index (χ0n) is 8.58. The smallest absolute Gasteiger partial charge is 0.159 e. The molecule has 3 heteroatoms. The highest BCUT2D eigenvalue weighted by molar-refractivity contribution is 7.80. The first kappa shape index (κ1) is 11.2. The highest BCUT2D eigenvalue weighted by atomic mass is 32.2. The van der Waals surface area contributed by atoms with Gasteiger partial charge in [0, 0.05) is 0 Å². The van der Waals surface area contributed by atoms with Crippen molar-refractivity contribution in [1.82, 2.24) is 0 Å². The van der Waals surface area contributed by atoms with Crippen LogP contribution in [0.5, 0.6) is 0 Å². The van der Waals surface area contributed by atoms with Gasteiger partial charge in [0.1, 0.15) is 0 Å². The Bertz CT molecular complexity index is 183.